The summed E-state index contributed by atoms with van der Waals surface area (Å²) < 4.78 is 25.2. The second kappa shape index (κ2) is 8.05. The number of hydrazone groups is 1. The summed E-state index contributed by atoms with van der Waals surface area (Å²) in [7, 11) is -3.41. The number of hydrogen-bond acceptors (Lipinski definition) is 7. The van der Waals surface area contributed by atoms with Gasteiger partial charge in [-0.1, -0.05) is 24.3 Å². The van der Waals surface area contributed by atoms with Crippen LogP contribution < -0.4 is 5.43 Å². The van der Waals surface area contributed by atoms with E-state index in [-0.39, 0.29) is 4.90 Å². The van der Waals surface area contributed by atoms with Crippen LogP contribution in [0.4, 0.5) is 5.95 Å². The molecule has 0 bridgehead atoms. The van der Waals surface area contributed by atoms with Gasteiger partial charge in [0.1, 0.15) is 0 Å². The third-order valence-corrected chi connectivity index (χ3v) is 6.05. The highest BCUT2D eigenvalue weighted by Crippen LogP contribution is 2.29. The van der Waals surface area contributed by atoms with Crippen LogP contribution in [0, 0.1) is 0 Å². The number of pyridine rings is 1. The van der Waals surface area contributed by atoms with Crippen molar-refractivity contribution in [1.82, 2.24) is 15.0 Å². The predicted molar refractivity (Wildman–Crippen MR) is 105 cm³/mol. The first kappa shape index (κ1) is 18.7. The van der Waals surface area contributed by atoms with E-state index in [1.165, 1.54) is 0 Å². The van der Waals surface area contributed by atoms with Crippen molar-refractivity contribution >= 4 is 22.0 Å². The largest absolute Gasteiger partial charge is 0.264 e. The van der Waals surface area contributed by atoms with Gasteiger partial charge in [0.2, 0.25) is 5.95 Å². The standard InChI is InChI=1S/C19H19N5O2S/c1-14(2)27(25,26)18-8-4-3-7-17(18)16-12-21-19(22-13-16)24-23-11-15-6-5-9-20-10-15/h3-14H,1-2H3,(H,21,22,24). The van der Waals surface area contributed by atoms with Crippen molar-refractivity contribution < 1.29 is 8.42 Å². The van der Waals surface area contributed by atoms with Crippen LogP contribution in [0.25, 0.3) is 11.1 Å². The van der Waals surface area contributed by atoms with Crippen LogP contribution in [-0.4, -0.2) is 34.8 Å². The number of aromatic nitrogens is 3. The van der Waals surface area contributed by atoms with Crippen molar-refractivity contribution in [3.05, 3.63) is 66.7 Å². The molecule has 0 aliphatic heterocycles. The SMILES string of the molecule is CC(C)S(=O)(=O)c1ccccc1-c1cnc(NN=Cc2cccnc2)nc1. The lowest BCUT2D eigenvalue weighted by molar-refractivity contribution is 0.587. The third-order valence-electron chi connectivity index (χ3n) is 3.84. The van der Waals surface area contributed by atoms with E-state index in [1.54, 1.807) is 69.1 Å². The van der Waals surface area contributed by atoms with Crippen LogP contribution in [0.1, 0.15) is 19.4 Å². The minimum Gasteiger partial charge on any atom is -0.264 e. The maximum absolute atomic E-state index is 12.6. The normalized spacial score (nSPS) is 11.8. The number of nitrogens with one attached hydrogen (secondary N) is 1. The lowest BCUT2D eigenvalue weighted by Crippen LogP contribution is -2.15. The first-order valence-corrected chi connectivity index (χ1v) is 9.87. The molecule has 0 aliphatic carbocycles. The molecule has 8 heteroatoms. The number of benzene rings is 1. The van der Waals surface area contributed by atoms with Gasteiger partial charge >= 0.3 is 0 Å². The predicted octanol–water partition coefficient (Wildman–Crippen LogP) is 3.17. The first-order chi connectivity index (χ1) is 13.0. The summed E-state index contributed by atoms with van der Waals surface area (Å²) in [4.78, 5) is 12.7. The fourth-order valence-electron chi connectivity index (χ4n) is 2.35. The second-order valence-corrected chi connectivity index (χ2v) is 8.51. The number of nitrogens with zero attached hydrogens (tertiary/aromatic N) is 4. The van der Waals surface area contributed by atoms with E-state index in [2.05, 4.69) is 25.5 Å². The molecule has 0 aliphatic rings. The summed E-state index contributed by atoms with van der Waals surface area (Å²) in [5, 5.41) is 3.55. The van der Waals surface area contributed by atoms with Crippen LogP contribution in [-0.2, 0) is 9.84 Å². The Morgan fingerprint density at radius 2 is 1.78 bits per heavy atom. The van der Waals surface area contributed by atoms with Crippen LogP contribution >= 0.6 is 0 Å². The first-order valence-electron chi connectivity index (χ1n) is 8.33. The van der Waals surface area contributed by atoms with Crippen LogP contribution in [0.2, 0.25) is 0 Å². The molecule has 3 rings (SSSR count). The molecule has 1 aromatic carbocycles. The minimum absolute atomic E-state index is 0.277. The Bertz CT molecular complexity index is 1030. The molecule has 138 valence electrons. The summed E-state index contributed by atoms with van der Waals surface area (Å²) in [6, 6.07) is 10.5. The smallest absolute Gasteiger partial charge is 0.243 e. The molecule has 27 heavy (non-hydrogen) atoms. The fourth-order valence-corrected chi connectivity index (χ4v) is 3.62. The Balaban J connectivity index is 1.82. The number of hydrogen-bond donors (Lipinski definition) is 1. The van der Waals surface area contributed by atoms with Crippen LogP contribution in [0.3, 0.4) is 0 Å². The van der Waals surface area contributed by atoms with Crippen LogP contribution in [0.15, 0.2) is 71.2 Å². The lowest BCUT2D eigenvalue weighted by Gasteiger charge is -2.12. The van der Waals surface area contributed by atoms with E-state index in [9.17, 15) is 8.42 Å². The third kappa shape index (κ3) is 4.35. The summed E-state index contributed by atoms with van der Waals surface area (Å²) in [6.07, 6.45) is 8.12. The van der Waals surface area contributed by atoms with Gasteiger partial charge in [-0.25, -0.2) is 23.8 Å². The molecule has 0 saturated carbocycles. The van der Waals surface area contributed by atoms with Crippen molar-refractivity contribution in [2.45, 2.75) is 24.0 Å². The maximum Gasteiger partial charge on any atom is 0.243 e. The summed E-state index contributed by atoms with van der Waals surface area (Å²) in [5.41, 5.74) is 4.78. The molecule has 0 atom stereocenters. The molecule has 0 amide bonds. The maximum atomic E-state index is 12.6. The second-order valence-electron chi connectivity index (χ2n) is 6.04. The molecule has 0 unspecified atom stereocenters. The molecule has 7 nitrogen and oxygen atoms in total. The quantitative estimate of drug-likeness (QED) is 0.520. The van der Waals surface area contributed by atoms with Crippen molar-refractivity contribution in [1.29, 1.82) is 0 Å². The molecule has 1 N–H and O–H groups in total. The van der Waals surface area contributed by atoms with Gasteiger partial charge < -0.3 is 0 Å². The van der Waals surface area contributed by atoms with E-state index >= 15 is 0 Å². The molecular formula is C19H19N5O2S. The Morgan fingerprint density at radius 3 is 2.44 bits per heavy atom. The number of sulfone groups is 1. The van der Waals surface area contributed by atoms with Gasteiger partial charge in [-0.3, -0.25) is 4.98 Å². The highest BCUT2D eigenvalue weighted by Gasteiger charge is 2.23. The summed E-state index contributed by atoms with van der Waals surface area (Å²) in [6.45, 7) is 3.33. The fraction of sp³-hybridized carbons (Fsp3) is 0.158. The summed E-state index contributed by atoms with van der Waals surface area (Å²) in [5.74, 6) is 0.308. The molecular weight excluding hydrogens is 362 g/mol. The van der Waals surface area contributed by atoms with Gasteiger partial charge in [0.15, 0.2) is 9.84 Å². The molecule has 0 fully saturated rings. The van der Waals surface area contributed by atoms with E-state index in [4.69, 9.17) is 0 Å². The zero-order valence-corrected chi connectivity index (χ0v) is 15.8. The van der Waals surface area contributed by atoms with Crippen molar-refractivity contribution in [3.63, 3.8) is 0 Å². The highest BCUT2D eigenvalue weighted by molar-refractivity contribution is 7.92. The van der Waals surface area contributed by atoms with E-state index in [0.717, 1.165) is 5.56 Å². The minimum atomic E-state index is -3.41. The zero-order valence-electron chi connectivity index (χ0n) is 14.9. The molecule has 0 radical (unpaired) electrons. The van der Waals surface area contributed by atoms with Gasteiger partial charge in [0.25, 0.3) is 0 Å². The van der Waals surface area contributed by atoms with E-state index < -0.39 is 15.1 Å². The highest BCUT2D eigenvalue weighted by atomic mass is 32.2. The Morgan fingerprint density at radius 1 is 1.04 bits per heavy atom. The van der Waals surface area contributed by atoms with Crippen LogP contribution in [0.5, 0.6) is 0 Å². The molecule has 3 aromatic rings. The number of rotatable bonds is 6. The van der Waals surface area contributed by atoms with Gasteiger partial charge in [0.05, 0.1) is 16.4 Å². The Labute approximate surface area is 158 Å². The average Bonchev–Trinajstić information content (AvgIpc) is 2.69. The van der Waals surface area contributed by atoms with Gasteiger partial charge in [0, 0.05) is 41.5 Å². The van der Waals surface area contributed by atoms with Crippen molar-refractivity contribution in [2.24, 2.45) is 5.10 Å². The molecule has 0 saturated heterocycles. The van der Waals surface area contributed by atoms with Crippen molar-refractivity contribution in [2.75, 3.05) is 5.43 Å². The molecule has 2 heterocycles. The Kier molecular flexibility index (Phi) is 5.56. The average molecular weight is 381 g/mol. The summed E-state index contributed by atoms with van der Waals surface area (Å²) >= 11 is 0. The van der Waals surface area contributed by atoms with E-state index in [0.29, 0.717) is 17.1 Å². The molecule has 2 aromatic heterocycles. The lowest BCUT2D eigenvalue weighted by atomic mass is 10.1. The Hall–Kier alpha value is -3.13. The van der Waals surface area contributed by atoms with E-state index in [1.807, 2.05) is 12.1 Å². The van der Waals surface area contributed by atoms with Gasteiger partial charge in [-0.15, -0.1) is 0 Å². The number of anilines is 1. The monoisotopic (exact) mass is 381 g/mol. The van der Waals surface area contributed by atoms with Gasteiger partial charge in [-0.05, 0) is 26.0 Å². The molecule has 0 spiro atoms. The van der Waals surface area contributed by atoms with Gasteiger partial charge in [-0.2, -0.15) is 5.10 Å². The topological polar surface area (TPSA) is 97.2 Å². The van der Waals surface area contributed by atoms with Crippen molar-refractivity contribution in [3.8, 4) is 11.1 Å². The zero-order chi connectivity index (χ0) is 19.3.